The molecule has 0 radical (unpaired) electrons. The summed E-state index contributed by atoms with van der Waals surface area (Å²) in [4.78, 5) is 12.5. The first-order valence-electron chi connectivity index (χ1n) is 9.98. The molecule has 0 amide bonds. The molecule has 0 aromatic heterocycles. The topological polar surface area (TPSA) is 35.5 Å². The monoisotopic (exact) mass is 330 g/mol. The number of carbonyl (C=O) groups is 1. The minimum Gasteiger partial charge on any atom is -0.347 e. The standard InChI is InChI=1S/C21H30O3/c1-19-9-10-21(23-11-12-24-21)13-14(19)3-4-15-16-5-6-18(22)20(16,2)8-7-17(15)19/h3,15-17H,4-13H2,1-2H3/t15-,16+,17+,19+,20-/m1/s1. The van der Waals surface area contributed by atoms with E-state index in [9.17, 15) is 4.79 Å². The van der Waals surface area contributed by atoms with Crippen molar-refractivity contribution in [2.75, 3.05) is 13.2 Å². The number of carbonyl (C=O) groups excluding carboxylic acids is 1. The van der Waals surface area contributed by atoms with E-state index in [0.29, 0.717) is 23.0 Å². The van der Waals surface area contributed by atoms with Gasteiger partial charge in [-0.1, -0.05) is 25.5 Å². The fourth-order valence-electron chi connectivity index (χ4n) is 7.12. The van der Waals surface area contributed by atoms with Gasteiger partial charge in [0.05, 0.1) is 13.2 Å². The Morgan fingerprint density at radius 1 is 1.00 bits per heavy atom. The van der Waals surface area contributed by atoms with Gasteiger partial charge in [-0.25, -0.2) is 0 Å². The summed E-state index contributed by atoms with van der Waals surface area (Å²) in [7, 11) is 0. The van der Waals surface area contributed by atoms with Crippen LogP contribution in [0.5, 0.6) is 0 Å². The number of fused-ring (bicyclic) bond motifs is 5. The lowest BCUT2D eigenvalue weighted by molar-refractivity contribution is -0.185. The molecule has 5 atom stereocenters. The predicted octanol–water partition coefficient (Wildman–Crippen LogP) is 4.26. The molecule has 0 aromatic rings. The molecule has 1 heterocycles. The number of allylic oxidation sites excluding steroid dienone is 1. The van der Waals surface area contributed by atoms with Crippen molar-refractivity contribution >= 4 is 5.78 Å². The van der Waals surface area contributed by atoms with Crippen molar-refractivity contribution in [1.82, 2.24) is 0 Å². The summed E-state index contributed by atoms with van der Waals surface area (Å²) < 4.78 is 12.0. The van der Waals surface area contributed by atoms with Gasteiger partial charge in [0.1, 0.15) is 5.78 Å². The van der Waals surface area contributed by atoms with Gasteiger partial charge in [0.25, 0.3) is 0 Å². The van der Waals surface area contributed by atoms with Crippen molar-refractivity contribution in [1.29, 1.82) is 0 Å². The van der Waals surface area contributed by atoms with E-state index in [2.05, 4.69) is 19.9 Å². The molecule has 1 aliphatic heterocycles. The molecule has 3 saturated carbocycles. The number of ketones is 1. The van der Waals surface area contributed by atoms with Crippen LogP contribution in [0.3, 0.4) is 0 Å². The number of rotatable bonds is 0. The van der Waals surface area contributed by atoms with Crippen molar-refractivity contribution in [3.63, 3.8) is 0 Å². The first-order valence-corrected chi connectivity index (χ1v) is 9.98. The Balaban J connectivity index is 1.47. The van der Waals surface area contributed by atoms with E-state index in [1.165, 1.54) is 19.3 Å². The average molecular weight is 330 g/mol. The minimum absolute atomic E-state index is 0.0174. The molecule has 4 fully saturated rings. The van der Waals surface area contributed by atoms with Crippen LogP contribution < -0.4 is 0 Å². The van der Waals surface area contributed by atoms with Gasteiger partial charge in [-0.2, -0.15) is 0 Å². The lowest BCUT2D eigenvalue weighted by Gasteiger charge is -2.57. The molecular formula is C21H30O3. The van der Waals surface area contributed by atoms with Crippen LogP contribution >= 0.6 is 0 Å². The molecule has 0 unspecified atom stereocenters. The molecule has 24 heavy (non-hydrogen) atoms. The zero-order chi connectivity index (χ0) is 16.6. The van der Waals surface area contributed by atoms with E-state index in [1.54, 1.807) is 5.57 Å². The SMILES string of the molecule is C[C@@]12CC[C@H]3[C@H](CC=C4CC5(CC[C@@]43C)OCCO5)[C@@H]1CCC2=O. The maximum atomic E-state index is 12.5. The molecule has 132 valence electrons. The van der Waals surface area contributed by atoms with Crippen LogP contribution in [-0.4, -0.2) is 24.8 Å². The second kappa shape index (κ2) is 4.94. The lowest BCUT2D eigenvalue weighted by atomic mass is 9.48. The van der Waals surface area contributed by atoms with Gasteiger partial charge in [0.2, 0.25) is 0 Å². The first-order chi connectivity index (χ1) is 11.5. The third-order valence-corrected chi connectivity index (χ3v) is 8.63. The fraction of sp³-hybridized carbons (Fsp3) is 0.857. The van der Waals surface area contributed by atoms with Crippen molar-refractivity contribution in [3.8, 4) is 0 Å². The lowest BCUT2D eigenvalue weighted by Crippen LogP contribution is -2.52. The van der Waals surface area contributed by atoms with E-state index in [0.717, 1.165) is 51.2 Å². The summed E-state index contributed by atoms with van der Waals surface area (Å²) in [6, 6.07) is 0. The highest BCUT2D eigenvalue weighted by Crippen LogP contribution is 2.65. The van der Waals surface area contributed by atoms with Gasteiger partial charge < -0.3 is 9.47 Å². The van der Waals surface area contributed by atoms with Gasteiger partial charge in [-0.05, 0) is 55.3 Å². The Labute approximate surface area is 145 Å². The molecule has 4 aliphatic carbocycles. The Kier molecular flexibility index (Phi) is 3.21. The third kappa shape index (κ3) is 1.89. The van der Waals surface area contributed by atoms with E-state index in [4.69, 9.17) is 9.47 Å². The quantitative estimate of drug-likeness (QED) is 0.623. The maximum Gasteiger partial charge on any atom is 0.172 e. The molecule has 5 rings (SSSR count). The van der Waals surface area contributed by atoms with Gasteiger partial charge in [-0.15, -0.1) is 0 Å². The minimum atomic E-state index is -0.315. The van der Waals surface area contributed by atoms with Crippen molar-refractivity contribution in [2.45, 2.75) is 71.0 Å². The summed E-state index contributed by atoms with van der Waals surface area (Å²) in [5.41, 5.74) is 1.87. The van der Waals surface area contributed by atoms with Crippen LogP contribution in [-0.2, 0) is 14.3 Å². The highest BCUT2D eigenvalue weighted by atomic mass is 16.7. The van der Waals surface area contributed by atoms with Gasteiger partial charge in [-0.3, -0.25) is 4.79 Å². The van der Waals surface area contributed by atoms with Crippen molar-refractivity contribution in [2.24, 2.45) is 28.6 Å². The number of hydrogen-bond acceptors (Lipinski definition) is 3. The average Bonchev–Trinajstić information content (AvgIpc) is 3.14. The van der Waals surface area contributed by atoms with Crippen LogP contribution in [0.15, 0.2) is 11.6 Å². The Morgan fingerprint density at radius 2 is 1.75 bits per heavy atom. The number of hydrogen-bond donors (Lipinski definition) is 0. The molecule has 1 saturated heterocycles. The molecule has 3 heteroatoms. The molecule has 0 aromatic carbocycles. The first kappa shape index (κ1) is 15.6. The highest BCUT2D eigenvalue weighted by Gasteiger charge is 2.60. The molecule has 0 N–H and O–H groups in total. The normalized spacial score (nSPS) is 49.5. The summed E-state index contributed by atoms with van der Waals surface area (Å²) in [6.45, 7) is 6.26. The predicted molar refractivity (Wildman–Crippen MR) is 91.3 cm³/mol. The van der Waals surface area contributed by atoms with E-state index in [-0.39, 0.29) is 11.2 Å². The van der Waals surface area contributed by atoms with Crippen LogP contribution in [0.2, 0.25) is 0 Å². The van der Waals surface area contributed by atoms with Gasteiger partial charge in [0, 0.05) is 24.7 Å². The van der Waals surface area contributed by atoms with Crippen LogP contribution in [0.25, 0.3) is 0 Å². The number of Topliss-reactive ketones (excluding diaryl/α,β-unsaturated/α-hetero) is 1. The highest BCUT2D eigenvalue weighted by molar-refractivity contribution is 5.87. The summed E-state index contributed by atoms with van der Waals surface area (Å²) in [6.07, 6.45) is 11.1. The molecule has 5 aliphatic rings. The van der Waals surface area contributed by atoms with Gasteiger partial charge >= 0.3 is 0 Å². The largest absolute Gasteiger partial charge is 0.347 e. The van der Waals surface area contributed by atoms with Crippen molar-refractivity contribution < 1.29 is 14.3 Å². The second-order valence-electron chi connectivity index (χ2n) is 9.46. The van der Waals surface area contributed by atoms with Crippen LogP contribution in [0.1, 0.15) is 65.2 Å². The maximum absolute atomic E-state index is 12.5. The summed E-state index contributed by atoms with van der Waals surface area (Å²) in [5.74, 6) is 2.31. The van der Waals surface area contributed by atoms with Crippen LogP contribution in [0, 0.1) is 28.6 Å². The summed E-state index contributed by atoms with van der Waals surface area (Å²) in [5, 5.41) is 0. The summed E-state index contributed by atoms with van der Waals surface area (Å²) >= 11 is 0. The fourth-order valence-corrected chi connectivity index (χ4v) is 7.12. The number of ether oxygens (including phenoxy) is 2. The third-order valence-electron chi connectivity index (χ3n) is 8.63. The van der Waals surface area contributed by atoms with Gasteiger partial charge in [0.15, 0.2) is 5.79 Å². The Morgan fingerprint density at radius 3 is 2.54 bits per heavy atom. The molecule has 3 nitrogen and oxygen atoms in total. The Hall–Kier alpha value is -0.670. The van der Waals surface area contributed by atoms with Crippen molar-refractivity contribution in [3.05, 3.63) is 11.6 Å². The molecule has 1 spiro atoms. The van der Waals surface area contributed by atoms with Crippen LogP contribution in [0.4, 0.5) is 0 Å². The molecular weight excluding hydrogens is 300 g/mol. The smallest absolute Gasteiger partial charge is 0.172 e. The molecule has 0 bridgehead atoms. The zero-order valence-electron chi connectivity index (χ0n) is 15.1. The van der Waals surface area contributed by atoms with E-state index < -0.39 is 0 Å². The Bertz CT molecular complexity index is 602. The van der Waals surface area contributed by atoms with E-state index in [1.807, 2.05) is 0 Å². The van der Waals surface area contributed by atoms with E-state index >= 15 is 0 Å². The second-order valence-corrected chi connectivity index (χ2v) is 9.46. The zero-order valence-corrected chi connectivity index (χ0v) is 15.1.